The number of hydrogen-bond donors (Lipinski definition) is 1. The van der Waals surface area contributed by atoms with Gasteiger partial charge in [-0.3, -0.25) is 4.90 Å². The van der Waals surface area contributed by atoms with E-state index in [2.05, 4.69) is 37.3 Å². The molecule has 1 heterocycles. The second kappa shape index (κ2) is 5.79. The Morgan fingerprint density at radius 2 is 2.00 bits per heavy atom. The van der Waals surface area contributed by atoms with Crippen LogP contribution < -0.4 is 4.74 Å². The monoisotopic (exact) mass is 299 g/mol. The maximum atomic E-state index is 12.2. The molecule has 1 aliphatic rings. The maximum absolute atomic E-state index is 12.2. The van der Waals surface area contributed by atoms with Gasteiger partial charge in [0.2, 0.25) is 0 Å². The van der Waals surface area contributed by atoms with Crippen LogP contribution in [0.5, 0.6) is 11.5 Å². The molecule has 0 saturated carbocycles. The average molecular weight is 299 g/mol. The molecule has 2 atom stereocenters. The number of alkyl halides is 2. The van der Waals surface area contributed by atoms with E-state index in [1.54, 1.807) is 12.1 Å². The molecule has 21 heavy (non-hydrogen) atoms. The summed E-state index contributed by atoms with van der Waals surface area (Å²) in [5.41, 5.74) is 1.06. The van der Waals surface area contributed by atoms with Crippen LogP contribution in [-0.4, -0.2) is 34.7 Å². The van der Waals surface area contributed by atoms with E-state index in [1.807, 2.05) is 0 Å². The molecule has 1 fully saturated rings. The lowest BCUT2D eigenvalue weighted by Gasteiger charge is -2.35. The third kappa shape index (κ3) is 3.64. The van der Waals surface area contributed by atoms with Gasteiger partial charge in [-0.1, -0.05) is 6.07 Å². The minimum Gasteiger partial charge on any atom is -0.504 e. The SMILES string of the molecule is C[C@@H]1C[C@@H](c2ccc(OC(F)F)c(O)c2)CN1C(C)(C)C. The van der Waals surface area contributed by atoms with Gasteiger partial charge in [0, 0.05) is 18.1 Å². The highest BCUT2D eigenvalue weighted by atomic mass is 19.3. The Hall–Kier alpha value is -1.36. The van der Waals surface area contributed by atoms with Crippen molar-refractivity contribution in [1.29, 1.82) is 0 Å². The summed E-state index contributed by atoms with van der Waals surface area (Å²) in [7, 11) is 0. The Bertz CT molecular complexity index is 500. The number of phenols is 1. The second-order valence-corrected chi connectivity index (χ2v) is 6.71. The summed E-state index contributed by atoms with van der Waals surface area (Å²) in [6.45, 7) is 6.72. The Labute approximate surface area is 124 Å². The first-order chi connectivity index (χ1) is 9.68. The minimum absolute atomic E-state index is 0.0922. The highest BCUT2D eigenvalue weighted by Gasteiger charge is 2.36. The molecule has 1 aromatic carbocycles. The average Bonchev–Trinajstić information content (AvgIpc) is 2.73. The van der Waals surface area contributed by atoms with Gasteiger partial charge in [0.05, 0.1) is 0 Å². The van der Waals surface area contributed by atoms with E-state index in [9.17, 15) is 13.9 Å². The lowest BCUT2D eigenvalue weighted by molar-refractivity contribution is -0.0512. The van der Waals surface area contributed by atoms with E-state index in [1.165, 1.54) is 6.07 Å². The van der Waals surface area contributed by atoms with Gasteiger partial charge in [0.1, 0.15) is 0 Å². The summed E-state index contributed by atoms with van der Waals surface area (Å²) in [6.07, 6.45) is 0.992. The Morgan fingerprint density at radius 1 is 1.33 bits per heavy atom. The zero-order valence-electron chi connectivity index (χ0n) is 12.9. The molecule has 0 amide bonds. The van der Waals surface area contributed by atoms with E-state index in [-0.39, 0.29) is 17.0 Å². The lowest BCUT2D eigenvalue weighted by Crippen LogP contribution is -2.43. The van der Waals surface area contributed by atoms with Crippen LogP contribution in [0.15, 0.2) is 18.2 Å². The number of benzene rings is 1. The van der Waals surface area contributed by atoms with Gasteiger partial charge in [0.25, 0.3) is 0 Å². The van der Waals surface area contributed by atoms with Crippen molar-refractivity contribution in [3.63, 3.8) is 0 Å². The van der Waals surface area contributed by atoms with Gasteiger partial charge in [-0.15, -0.1) is 0 Å². The molecule has 1 saturated heterocycles. The standard InChI is InChI=1S/C16H23F2NO2/c1-10-7-12(9-19(10)16(2,3)4)11-5-6-14(13(20)8-11)21-15(17)18/h5-6,8,10,12,15,20H,7,9H2,1-4H3/t10-,12-/m1/s1. The van der Waals surface area contributed by atoms with Crippen molar-refractivity contribution in [3.8, 4) is 11.5 Å². The number of rotatable bonds is 3. The molecule has 0 bridgehead atoms. The number of halogens is 2. The van der Waals surface area contributed by atoms with Crippen LogP contribution in [0.1, 0.15) is 45.6 Å². The quantitative estimate of drug-likeness (QED) is 0.916. The molecular weight excluding hydrogens is 276 g/mol. The Balaban J connectivity index is 2.15. The lowest BCUT2D eigenvalue weighted by atomic mass is 9.96. The number of nitrogens with zero attached hydrogens (tertiary/aromatic N) is 1. The second-order valence-electron chi connectivity index (χ2n) is 6.71. The highest BCUT2D eigenvalue weighted by Crippen LogP contribution is 2.38. The Kier molecular flexibility index (Phi) is 4.42. The molecule has 3 nitrogen and oxygen atoms in total. The molecule has 5 heteroatoms. The summed E-state index contributed by atoms with van der Waals surface area (Å²) in [6, 6.07) is 5.18. The van der Waals surface area contributed by atoms with Gasteiger partial charge in [-0.05, 0) is 57.7 Å². The van der Waals surface area contributed by atoms with Gasteiger partial charge < -0.3 is 9.84 Å². The third-order valence-electron chi connectivity index (χ3n) is 4.11. The molecule has 1 aromatic rings. The van der Waals surface area contributed by atoms with Crippen molar-refractivity contribution in [2.75, 3.05) is 6.54 Å². The molecule has 2 rings (SSSR count). The predicted octanol–water partition coefficient (Wildman–Crippen LogP) is 3.97. The summed E-state index contributed by atoms with van der Waals surface area (Å²) >= 11 is 0. The zero-order chi connectivity index (χ0) is 15.8. The van der Waals surface area contributed by atoms with Gasteiger partial charge in [-0.25, -0.2) is 0 Å². The van der Waals surface area contributed by atoms with E-state index in [4.69, 9.17) is 0 Å². The van der Waals surface area contributed by atoms with Gasteiger partial charge >= 0.3 is 6.61 Å². The van der Waals surface area contributed by atoms with Crippen LogP contribution in [0.3, 0.4) is 0 Å². The summed E-state index contributed by atoms with van der Waals surface area (Å²) in [5.74, 6) is -0.104. The van der Waals surface area contributed by atoms with Crippen LogP contribution in [0.25, 0.3) is 0 Å². The molecule has 0 aromatic heterocycles. The fourth-order valence-electron chi connectivity index (χ4n) is 3.19. The van der Waals surface area contributed by atoms with Crippen LogP contribution in [0.4, 0.5) is 8.78 Å². The minimum atomic E-state index is -2.93. The van der Waals surface area contributed by atoms with E-state index in [0.717, 1.165) is 18.5 Å². The van der Waals surface area contributed by atoms with Crippen molar-refractivity contribution >= 4 is 0 Å². The molecular formula is C16H23F2NO2. The molecule has 0 radical (unpaired) electrons. The normalized spacial score (nSPS) is 23.8. The van der Waals surface area contributed by atoms with Crippen molar-refractivity contribution in [2.24, 2.45) is 0 Å². The largest absolute Gasteiger partial charge is 0.504 e. The van der Waals surface area contributed by atoms with Crippen molar-refractivity contribution < 1.29 is 18.6 Å². The fraction of sp³-hybridized carbons (Fsp3) is 0.625. The van der Waals surface area contributed by atoms with Crippen molar-refractivity contribution in [2.45, 2.75) is 58.2 Å². The smallest absolute Gasteiger partial charge is 0.387 e. The molecule has 118 valence electrons. The number of ether oxygens (including phenoxy) is 1. The van der Waals surface area contributed by atoms with Crippen molar-refractivity contribution in [1.82, 2.24) is 4.90 Å². The number of aromatic hydroxyl groups is 1. The van der Waals surface area contributed by atoms with Crippen LogP contribution in [0, 0.1) is 0 Å². The molecule has 0 unspecified atom stereocenters. The summed E-state index contributed by atoms with van der Waals surface area (Å²) < 4.78 is 28.7. The van der Waals surface area contributed by atoms with Crippen LogP contribution >= 0.6 is 0 Å². The topological polar surface area (TPSA) is 32.7 Å². The van der Waals surface area contributed by atoms with Gasteiger partial charge in [0.15, 0.2) is 11.5 Å². The van der Waals surface area contributed by atoms with Crippen LogP contribution in [-0.2, 0) is 0 Å². The maximum Gasteiger partial charge on any atom is 0.387 e. The fourth-order valence-corrected chi connectivity index (χ4v) is 3.19. The number of phenolic OH excluding ortho intramolecular Hbond substituents is 1. The molecule has 0 aliphatic carbocycles. The van der Waals surface area contributed by atoms with Crippen molar-refractivity contribution in [3.05, 3.63) is 23.8 Å². The van der Waals surface area contributed by atoms with E-state index in [0.29, 0.717) is 12.0 Å². The van der Waals surface area contributed by atoms with E-state index < -0.39 is 6.61 Å². The molecule has 0 spiro atoms. The third-order valence-corrected chi connectivity index (χ3v) is 4.11. The van der Waals surface area contributed by atoms with E-state index >= 15 is 0 Å². The number of likely N-dealkylation sites (tertiary alicyclic amines) is 1. The Morgan fingerprint density at radius 3 is 2.48 bits per heavy atom. The first-order valence-corrected chi connectivity index (χ1v) is 7.23. The zero-order valence-corrected chi connectivity index (χ0v) is 12.9. The number of hydrogen-bond acceptors (Lipinski definition) is 3. The van der Waals surface area contributed by atoms with Crippen LogP contribution in [0.2, 0.25) is 0 Å². The van der Waals surface area contributed by atoms with Gasteiger partial charge in [-0.2, -0.15) is 8.78 Å². The first kappa shape index (κ1) is 16.0. The summed E-state index contributed by atoms with van der Waals surface area (Å²) in [4.78, 5) is 2.43. The molecule has 1 aliphatic heterocycles. The first-order valence-electron chi connectivity index (χ1n) is 7.23. The highest BCUT2D eigenvalue weighted by molar-refractivity contribution is 5.43. The predicted molar refractivity (Wildman–Crippen MR) is 78.0 cm³/mol. The summed E-state index contributed by atoms with van der Waals surface area (Å²) in [5, 5.41) is 9.82. The molecule has 1 N–H and O–H groups in total.